The number of thioether (sulfide) groups is 1. The van der Waals surface area contributed by atoms with Crippen molar-refractivity contribution in [2.45, 2.75) is 25.8 Å². The quantitative estimate of drug-likeness (QED) is 0.683. The zero-order valence-electron chi connectivity index (χ0n) is 10.8. The molecule has 1 aromatic carbocycles. The van der Waals surface area contributed by atoms with Gasteiger partial charge in [-0.3, -0.25) is 0 Å². The highest BCUT2D eigenvalue weighted by Crippen LogP contribution is 2.08. The Balaban J connectivity index is 1.97. The predicted molar refractivity (Wildman–Crippen MR) is 77.0 cm³/mol. The van der Waals surface area contributed by atoms with E-state index < -0.39 is 0 Å². The van der Waals surface area contributed by atoms with Gasteiger partial charge in [0.1, 0.15) is 5.75 Å². The molecule has 0 aliphatic heterocycles. The second kappa shape index (κ2) is 9.37. The maximum atomic E-state index is 5.62. The number of para-hydroxylation sites is 1. The fourth-order valence-electron chi connectivity index (χ4n) is 1.52. The normalized spacial score (nSPS) is 12.4. The summed E-state index contributed by atoms with van der Waals surface area (Å²) in [5.74, 6) is 2.19. The molecular formula is C14H23NOS. The molecule has 17 heavy (non-hydrogen) atoms. The Labute approximate surface area is 109 Å². The summed E-state index contributed by atoms with van der Waals surface area (Å²) in [4.78, 5) is 0. The van der Waals surface area contributed by atoms with Crippen LogP contribution in [-0.2, 0) is 0 Å². The van der Waals surface area contributed by atoms with Crippen LogP contribution >= 0.6 is 11.8 Å². The summed E-state index contributed by atoms with van der Waals surface area (Å²) < 4.78 is 5.62. The van der Waals surface area contributed by atoms with E-state index in [-0.39, 0.29) is 0 Å². The van der Waals surface area contributed by atoms with Crippen molar-refractivity contribution in [3.8, 4) is 5.75 Å². The number of hydrogen-bond acceptors (Lipinski definition) is 3. The van der Waals surface area contributed by atoms with Gasteiger partial charge in [0, 0.05) is 6.04 Å². The zero-order chi connectivity index (χ0) is 12.3. The first-order valence-corrected chi connectivity index (χ1v) is 7.62. The number of ether oxygens (including phenoxy) is 1. The van der Waals surface area contributed by atoms with Gasteiger partial charge in [0.25, 0.3) is 0 Å². The average Bonchev–Trinajstić information content (AvgIpc) is 2.37. The fraction of sp³-hybridized carbons (Fsp3) is 0.571. The molecular weight excluding hydrogens is 230 g/mol. The van der Waals surface area contributed by atoms with Crippen molar-refractivity contribution < 1.29 is 4.74 Å². The molecule has 0 bridgehead atoms. The molecule has 96 valence electrons. The first kappa shape index (κ1) is 14.4. The molecule has 0 saturated carbocycles. The van der Waals surface area contributed by atoms with Crippen molar-refractivity contribution in [3.63, 3.8) is 0 Å². The van der Waals surface area contributed by atoms with E-state index in [1.165, 1.54) is 12.2 Å². The van der Waals surface area contributed by atoms with E-state index in [9.17, 15) is 0 Å². The van der Waals surface area contributed by atoms with Gasteiger partial charge in [-0.25, -0.2) is 0 Å². The lowest BCUT2D eigenvalue weighted by atomic mass is 10.2. The van der Waals surface area contributed by atoms with Gasteiger partial charge in [0.15, 0.2) is 0 Å². The lowest BCUT2D eigenvalue weighted by molar-refractivity contribution is 0.305. The van der Waals surface area contributed by atoms with E-state index in [2.05, 4.69) is 18.5 Å². The van der Waals surface area contributed by atoms with Gasteiger partial charge in [-0.15, -0.1) is 0 Å². The van der Waals surface area contributed by atoms with Gasteiger partial charge in [-0.05, 0) is 50.5 Å². The molecule has 2 nitrogen and oxygen atoms in total. The Morgan fingerprint density at radius 2 is 2.06 bits per heavy atom. The molecule has 0 saturated heterocycles. The van der Waals surface area contributed by atoms with Crippen molar-refractivity contribution in [1.29, 1.82) is 0 Å². The lowest BCUT2D eigenvalue weighted by Crippen LogP contribution is -2.28. The van der Waals surface area contributed by atoms with Crippen LogP contribution < -0.4 is 10.1 Å². The van der Waals surface area contributed by atoms with Crippen LogP contribution in [0.3, 0.4) is 0 Å². The highest BCUT2D eigenvalue weighted by atomic mass is 32.2. The number of hydrogen-bond donors (Lipinski definition) is 1. The molecule has 0 heterocycles. The summed E-state index contributed by atoms with van der Waals surface area (Å²) in [6.07, 6.45) is 4.44. The van der Waals surface area contributed by atoms with Crippen LogP contribution in [0.5, 0.6) is 5.75 Å². The SMILES string of the molecule is CSCCC(C)NCCCOc1ccccc1. The Kier molecular flexibility index (Phi) is 7.93. The molecule has 1 N–H and O–H groups in total. The van der Waals surface area contributed by atoms with Crippen LogP contribution in [-0.4, -0.2) is 31.2 Å². The van der Waals surface area contributed by atoms with Crippen molar-refractivity contribution >= 4 is 11.8 Å². The Morgan fingerprint density at radius 3 is 2.76 bits per heavy atom. The average molecular weight is 253 g/mol. The molecule has 1 atom stereocenters. The monoisotopic (exact) mass is 253 g/mol. The molecule has 0 aliphatic rings. The zero-order valence-corrected chi connectivity index (χ0v) is 11.6. The topological polar surface area (TPSA) is 21.3 Å². The van der Waals surface area contributed by atoms with E-state index in [1.54, 1.807) is 0 Å². The summed E-state index contributed by atoms with van der Waals surface area (Å²) in [6.45, 7) is 4.06. The second-order valence-electron chi connectivity index (χ2n) is 4.15. The molecule has 0 amide bonds. The molecule has 1 aromatic rings. The molecule has 0 fully saturated rings. The number of rotatable bonds is 9. The van der Waals surface area contributed by atoms with Crippen LogP contribution in [0.4, 0.5) is 0 Å². The van der Waals surface area contributed by atoms with Crippen molar-refractivity contribution in [2.24, 2.45) is 0 Å². The van der Waals surface area contributed by atoms with Crippen molar-refractivity contribution in [2.75, 3.05) is 25.2 Å². The van der Waals surface area contributed by atoms with E-state index >= 15 is 0 Å². The molecule has 1 unspecified atom stereocenters. The minimum Gasteiger partial charge on any atom is -0.494 e. The third-order valence-corrected chi connectivity index (χ3v) is 3.22. The Hall–Kier alpha value is -0.670. The first-order chi connectivity index (χ1) is 8.33. The lowest BCUT2D eigenvalue weighted by Gasteiger charge is -2.13. The van der Waals surface area contributed by atoms with Crippen LogP contribution in [0.1, 0.15) is 19.8 Å². The highest BCUT2D eigenvalue weighted by molar-refractivity contribution is 7.98. The maximum absolute atomic E-state index is 5.62. The van der Waals surface area contributed by atoms with Crippen molar-refractivity contribution in [1.82, 2.24) is 5.32 Å². The van der Waals surface area contributed by atoms with Gasteiger partial charge in [-0.2, -0.15) is 11.8 Å². The fourth-order valence-corrected chi connectivity index (χ4v) is 2.11. The summed E-state index contributed by atoms with van der Waals surface area (Å²) in [5.41, 5.74) is 0. The van der Waals surface area contributed by atoms with E-state index in [0.29, 0.717) is 6.04 Å². The van der Waals surface area contributed by atoms with Crippen molar-refractivity contribution in [3.05, 3.63) is 30.3 Å². The third kappa shape index (κ3) is 7.29. The molecule has 1 rings (SSSR count). The number of benzene rings is 1. The minimum absolute atomic E-state index is 0.610. The highest BCUT2D eigenvalue weighted by Gasteiger charge is 1.99. The molecule has 0 aliphatic carbocycles. The van der Waals surface area contributed by atoms with Crippen LogP contribution in [0, 0.1) is 0 Å². The largest absolute Gasteiger partial charge is 0.494 e. The molecule has 0 radical (unpaired) electrons. The first-order valence-electron chi connectivity index (χ1n) is 6.23. The molecule has 0 spiro atoms. The Bertz CT molecular complexity index is 279. The predicted octanol–water partition coefficient (Wildman–Crippen LogP) is 3.19. The molecule has 0 aromatic heterocycles. The second-order valence-corrected chi connectivity index (χ2v) is 5.14. The van der Waals surface area contributed by atoms with Gasteiger partial charge < -0.3 is 10.1 Å². The Morgan fingerprint density at radius 1 is 1.29 bits per heavy atom. The maximum Gasteiger partial charge on any atom is 0.119 e. The molecule has 3 heteroatoms. The summed E-state index contributed by atoms with van der Waals surface area (Å²) in [5, 5.41) is 3.51. The van der Waals surface area contributed by atoms with Crippen LogP contribution in [0.25, 0.3) is 0 Å². The van der Waals surface area contributed by atoms with E-state index in [4.69, 9.17) is 4.74 Å². The summed E-state index contributed by atoms with van der Waals surface area (Å²) in [7, 11) is 0. The van der Waals surface area contributed by atoms with Crippen LogP contribution in [0.2, 0.25) is 0 Å². The van der Waals surface area contributed by atoms with Gasteiger partial charge in [0.05, 0.1) is 6.61 Å². The van der Waals surface area contributed by atoms with Crippen LogP contribution in [0.15, 0.2) is 30.3 Å². The van der Waals surface area contributed by atoms with Gasteiger partial charge in [-0.1, -0.05) is 18.2 Å². The minimum atomic E-state index is 0.610. The third-order valence-electron chi connectivity index (χ3n) is 2.58. The van der Waals surface area contributed by atoms with E-state index in [0.717, 1.165) is 25.3 Å². The summed E-state index contributed by atoms with van der Waals surface area (Å²) >= 11 is 1.91. The van der Waals surface area contributed by atoms with Gasteiger partial charge >= 0.3 is 0 Å². The standard InChI is InChI=1S/C14H23NOS/c1-13(9-12-17-2)15-10-6-11-16-14-7-4-3-5-8-14/h3-5,7-8,13,15H,6,9-12H2,1-2H3. The van der Waals surface area contributed by atoms with Gasteiger partial charge in [0.2, 0.25) is 0 Å². The van der Waals surface area contributed by atoms with E-state index in [1.807, 2.05) is 42.1 Å². The smallest absolute Gasteiger partial charge is 0.119 e. The number of nitrogens with one attached hydrogen (secondary N) is 1. The summed E-state index contributed by atoms with van der Waals surface area (Å²) in [6, 6.07) is 10.6.